The monoisotopic (exact) mass is 568 g/mol. The summed E-state index contributed by atoms with van der Waals surface area (Å²) in [6, 6.07) is 31.4. The number of hydrogen-bond acceptors (Lipinski definition) is 7. The van der Waals surface area contributed by atoms with Crippen LogP contribution in [0.3, 0.4) is 0 Å². The first-order valence-corrected chi connectivity index (χ1v) is 14.1. The van der Waals surface area contributed by atoms with Crippen LogP contribution in [0.1, 0.15) is 29.3 Å². The third-order valence-corrected chi connectivity index (χ3v) is 7.54. The Morgan fingerprint density at radius 3 is 2.51 bits per heavy atom. The molecule has 0 saturated carbocycles. The Morgan fingerprint density at radius 1 is 0.907 bits per heavy atom. The Hall–Kier alpha value is -5.57. The molecule has 1 unspecified atom stereocenters. The topological polar surface area (TPSA) is 99.2 Å². The van der Waals surface area contributed by atoms with E-state index in [-0.39, 0.29) is 11.8 Å². The fourth-order valence-corrected chi connectivity index (χ4v) is 5.34. The Labute approximate surface area is 248 Å². The summed E-state index contributed by atoms with van der Waals surface area (Å²) in [7, 11) is 0. The summed E-state index contributed by atoms with van der Waals surface area (Å²) in [6.07, 6.45) is 4.08. The van der Waals surface area contributed by atoms with E-state index in [4.69, 9.17) is 14.2 Å². The number of aromatic nitrogens is 5. The number of hydrogen-bond donors (Lipinski definition) is 0. The minimum atomic E-state index is 0.136. The molecule has 0 N–H and O–H groups in total. The zero-order valence-electron chi connectivity index (χ0n) is 23.5. The lowest BCUT2D eigenvalue weighted by Crippen LogP contribution is -2.24. The first kappa shape index (κ1) is 26.3. The highest BCUT2D eigenvalue weighted by Gasteiger charge is 2.31. The largest absolute Gasteiger partial charge is 0.457 e. The molecular formula is C34H28N6O3. The molecule has 212 valence electrons. The summed E-state index contributed by atoms with van der Waals surface area (Å²) in [4.78, 5) is 24.1. The summed E-state index contributed by atoms with van der Waals surface area (Å²) >= 11 is 0. The predicted octanol–water partition coefficient (Wildman–Crippen LogP) is 6.60. The molecule has 6 aromatic rings. The van der Waals surface area contributed by atoms with Crippen molar-refractivity contribution in [2.24, 2.45) is 0 Å². The van der Waals surface area contributed by atoms with Crippen LogP contribution in [0, 0.1) is 6.92 Å². The van der Waals surface area contributed by atoms with Crippen molar-refractivity contribution in [1.82, 2.24) is 29.8 Å². The molecule has 0 bridgehead atoms. The molecule has 0 spiro atoms. The average molecular weight is 569 g/mol. The van der Waals surface area contributed by atoms with Gasteiger partial charge in [-0.1, -0.05) is 53.7 Å². The number of nitrogens with zero attached hydrogens (tertiary/aromatic N) is 6. The van der Waals surface area contributed by atoms with Crippen molar-refractivity contribution in [2.45, 2.75) is 25.8 Å². The van der Waals surface area contributed by atoms with E-state index >= 15 is 0 Å². The molecular weight excluding hydrogens is 540 g/mol. The molecule has 1 saturated heterocycles. The van der Waals surface area contributed by atoms with Crippen LogP contribution in [0.25, 0.3) is 28.5 Å². The summed E-state index contributed by atoms with van der Waals surface area (Å²) < 4.78 is 13.5. The van der Waals surface area contributed by atoms with Crippen LogP contribution in [-0.2, 0) is 11.3 Å². The fourth-order valence-electron chi connectivity index (χ4n) is 5.34. The first-order chi connectivity index (χ1) is 21.1. The maximum absolute atomic E-state index is 13.1. The number of carbonyl (C=O) groups excluding carboxylic acids is 1. The lowest BCUT2D eigenvalue weighted by molar-refractivity contribution is -0.128. The van der Waals surface area contributed by atoms with Crippen molar-refractivity contribution in [1.29, 1.82) is 0 Å². The highest BCUT2D eigenvalue weighted by Crippen LogP contribution is 2.35. The van der Waals surface area contributed by atoms with Gasteiger partial charge in [0.1, 0.15) is 11.5 Å². The van der Waals surface area contributed by atoms with Gasteiger partial charge in [0.15, 0.2) is 11.6 Å². The van der Waals surface area contributed by atoms with Crippen molar-refractivity contribution >= 4 is 5.91 Å². The number of likely N-dealkylation sites (tertiary alicyclic amines) is 1. The molecule has 9 nitrogen and oxygen atoms in total. The predicted molar refractivity (Wildman–Crippen MR) is 161 cm³/mol. The number of pyridine rings is 1. The molecule has 7 rings (SSSR count). The normalized spacial score (nSPS) is 14.8. The van der Waals surface area contributed by atoms with Crippen molar-refractivity contribution in [3.8, 4) is 40.0 Å². The average Bonchev–Trinajstić information content (AvgIpc) is 3.81. The third kappa shape index (κ3) is 5.65. The van der Waals surface area contributed by atoms with E-state index in [1.165, 1.54) is 5.56 Å². The highest BCUT2D eigenvalue weighted by molar-refractivity contribution is 5.80. The van der Waals surface area contributed by atoms with Crippen molar-refractivity contribution in [2.75, 3.05) is 6.54 Å². The molecule has 1 aliphatic rings. The van der Waals surface area contributed by atoms with Gasteiger partial charge in [0.05, 0.1) is 5.69 Å². The zero-order valence-corrected chi connectivity index (χ0v) is 23.5. The van der Waals surface area contributed by atoms with Gasteiger partial charge >= 0.3 is 0 Å². The van der Waals surface area contributed by atoms with Crippen LogP contribution in [0.4, 0.5) is 0 Å². The zero-order chi connectivity index (χ0) is 29.2. The van der Waals surface area contributed by atoms with E-state index in [0.717, 1.165) is 28.2 Å². The Balaban J connectivity index is 1.19. The van der Waals surface area contributed by atoms with E-state index in [1.54, 1.807) is 17.8 Å². The van der Waals surface area contributed by atoms with Crippen LogP contribution >= 0.6 is 0 Å². The minimum Gasteiger partial charge on any atom is -0.457 e. The second kappa shape index (κ2) is 11.4. The molecule has 1 atom stereocenters. The van der Waals surface area contributed by atoms with Gasteiger partial charge in [-0.05, 0) is 61.0 Å². The fraction of sp³-hybridized carbons (Fsp3) is 0.147. The van der Waals surface area contributed by atoms with E-state index in [1.807, 2.05) is 96.0 Å². The van der Waals surface area contributed by atoms with E-state index in [2.05, 4.69) is 27.4 Å². The number of aryl methyl sites for hydroxylation is 1. The lowest BCUT2D eigenvalue weighted by atomic mass is 9.98. The molecule has 3 aromatic heterocycles. The van der Waals surface area contributed by atoms with Crippen molar-refractivity contribution in [3.63, 3.8) is 0 Å². The quantitative estimate of drug-likeness (QED) is 0.204. The Morgan fingerprint density at radius 2 is 1.74 bits per heavy atom. The number of amides is 1. The van der Waals surface area contributed by atoms with Gasteiger partial charge in [0.25, 0.3) is 5.89 Å². The molecule has 3 aromatic carbocycles. The van der Waals surface area contributed by atoms with Gasteiger partial charge in [-0.25, -0.2) is 9.67 Å². The molecule has 1 fully saturated rings. The first-order valence-electron chi connectivity index (χ1n) is 14.1. The highest BCUT2D eigenvalue weighted by atomic mass is 16.5. The second-order valence-corrected chi connectivity index (χ2v) is 10.5. The van der Waals surface area contributed by atoms with Crippen LogP contribution < -0.4 is 4.74 Å². The Kier molecular flexibility index (Phi) is 6.96. The van der Waals surface area contributed by atoms with Crippen LogP contribution in [0.5, 0.6) is 11.5 Å². The summed E-state index contributed by atoms with van der Waals surface area (Å²) in [5, 5.41) is 8.18. The molecule has 0 radical (unpaired) electrons. The van der Waals surface area contributed by atoms with Gasteiger partial charge in [0, 0.05) is 54.5 Å². The van der Waals surface area contributed by atoms with E-state index < -0.39 is 0 Å². The standard InChI is InChI=1S/C34H28N6O3/c1-23-36-34(43-38-23)25-13-15-29(16-14-25)42-31-19-26(30-9-5-10-32(37-30)40-18-6-17-35-40)11-12-27(31)21-39-22-28(20-33(39)41)24-7-3-2-4-8-24/h2-19,28H,20-22H2,1H3. The summed E-state index contributed by atoms with van der Waals surface area (Å²) in [6.45, 7) is 2.89. The SMILES string of the molecule is Cc1noc(-c2ccc(Oc3cc(-c4cccc(-n5cccn5)n4)ccc3CN3CC(c4ccccc4)CC3=O)cc2)n1. The number of benzene rings is 3. The van der Waals surface area contributed by atoms with Crippen LogP contribution in [0.2, 0.25) is 0 Å². The van der Waals surface area contributed by atoms with Crippen LogP contribution in [-0.4, -0.2) is 42.3 Å². The molecule has 43 heavy (non-hydrogen) atoms. The van der Waals surface area contributed by atoms with Gasteiger partial charge in [-0.3, -0.25) is 4.79 Å². The molecule has 4 heterocycles. The molecule has 1 aliphatic heterocycles. The minimum absolute atomic E-state index is 0.136. The number of rotatable bonds is 8. The number of carbonyl (C=O) groups is 1. The maximum atomic E-state index is 13.1. The smallest absolute Gasteiger partial charge is 0.257 e. The summed E-state index contributed by atoms with van der Waals surface area (Å²) in [5.74, 6) is 3.36. The third-order valence-electron chi connectivity index (χ3n) is 7.54. The van der Waals surface area contributed by atoms with Gasteiger partial charge in [0.2, 0.25) is 5.91 Å². The van der Waals surface area contributed by atoms with Crippen molar-refractivity contribution in [3.05, 3.63) is 126 Å². The van der Waals surface area contributed by atoms with Gasteiger partial charge in [-0.2, -0.15) is 10.1 Å². The maximum Gasteiger partial charge on any atom is 0.257 e. The Bertz CT molecular complexity index is 1870. The van der Waals surface area contributed by atoms with Crippen LogP contribution in [0.15, 0.2) is 114 Å². The number of ether oxygens (including phenoxy) is 1. The van der Waals surface area contributed by atoms with E-state index in [0.29, 0.717) is 42.7 Å². The lowest BCUT2D eigenvalue weighted by Gasteiger charge is -2.20. The second-order valence-electron chi connectivity index (χ2n) is 10.5. The van der Waals surface area contributed by atoms with Gasteiger partial charge < -0.3 is 14.2 Å². The molecule has 0 aliphatic carbocycles. The molecule has 1 amide bonds. The van der Waals surface area contributed by atoms with Crippen molar-refractivity contribution < 1.29 is 14.1 Å². The van der Waals surface area contributed by atoms with Gasteiger partial charge in [-0.15, -0.1) is 0 Å². The molecule has 9 heteroatoms. The van der Waals surface area contributed by atoms with E-state index in [9.17, 15) is 4.79 Å². The summed E-state index contributed by atoms with van der Waals surface area (Å²) in [5.41, 5.74) is 4.57.